The molecule has 66 valence electrons. The Morgan fingerprint density at radius 2 is 1.91 bits per heavy atom. The molecule has 0 aromatic heterocycles. The third-order valence-corrected chi connectivity index (χ3v) is 2.40. The molecule has 2 unspecified atom stereocenters. The van der Waals surface area contributed by atoms with Crippen molar-refractivity contribution in [3.05, 3.63) is 0 Å². The maximum Gasteiger partial charge on any atom is 0.127 e. The van der Waals surface area contributed by atoms with Gasteiger partial charge in [-0.05, 0) is 18.8 Å². The smallest absolute Gasteiger partial charge is 0.127 e. The molecule has 0 amide bonds. The van der Waals surface area contributed by atoms with E-state index in [2.05, 4.69) is 27.7 Å². The SMILES string of the molecule is CCCC(C)(C)C1OOC1C. The quantitative estimate of drug-likeness (QED) is 0.588. The number of hydrogen-bond acceptors (Lipinski definition) is 2. The van der Waals surface area contributed by atoms with Crippen LogP contribution in [0.3, 0.4) is 0 Å². The average Bonchev–Trinajstić information content (AvgIpc) is 1.83. The summed E-state index contributed by atoms with van der Waals surface area (Å²) < 4.78 is 0. The van der Waals surface area contributed by atoms with E-state index in [1.807, 2.05) is 0 Å². The third-order valence-electron chi connectivity index (χ3n) is 2.40. The molecular weight excluding hydrogens is 140 g/mol. The van der Waals surface area contributed by atoms with Crippen molar-refractivity contribution in [3.63, 3.8) is 0 Å². The van der Waals surface area contributed by atoms with Crippen LogP contribution in [0.1, 0.15) is 40.5 Å². The minimum absolute atomic E-state index is 0.270. The van der Waals surface area contributed by atoms with E-state index in [4.69, 9.17) is 9.78 Å². The van der Waals surface area contributed by atoms with Crippen LogP contribution in [0, 0.1) is 5.41 Å². The number of hydrogen-bond donors (Lipinski definition) is 0. The molecule has 1 aliphatic heterocycles. The fourth-order valence-electron chi connectivity index (χ4n) is 1.77. The summed E-state index contributed by atoms with van der Waals surface area (Å²) in [7, 11) is 0. The predicted molar refractivity (Wildman–Crippen MR) is 44.1 cm³/mol. The molecule has 2 nitrogen and oxygen atoms in total. The monoisotopic (exact) mass is 158 g/mol. The van der Waals surface area contributed by atoms with E-state index in [-0.39, 0.29) is 11.5 Å². The van der Waals surface area contributed by atoms with Gasteiger partial charge in [0.15, 0.2) is 0 Å². The molecule has 0 radical (unpaired) electrons. The number of rotatable bonds is 3. The Labute approximate surface area is 68.8 Å². The molecule has 0 aliphatic carbocycles. The molecule has 0 bridgehead atoms. The molecule has 1 heterocycles. The molecule has 2 heteroatoms. The zero-order valence-corrected chi connectivity index (χ0v) is 7.89. The van der Waals surface area contributed by atoms with Crippen LogP contribution in [0.25, 0.3) is 0 Å². The molecule has 1 aliphatic rings. The first-order valence-electron chi connectivity index (χ1n) is 4.40. The van der Waals surface area contributed by atoms with Gasteiger partial charge in [0.05, 0.1) is 0 Å². The summed E-state index contributed by atoms with van der Waals surface area (Å²) in [4.78, 5) is 9.94. The van der Waals surface area contributed by atoms with Crippen molar-refractivity contribution in [2.75, 3.05) is 0 Å². The van der Waals surface area contributed by atoms with Crippen LogP contribution < -0.4 is 0 Å². The van der Waals surface area contributed by atoms with Crippen LogP contribution >= 0.6 is 0 Å². The summed E-state index contributed by atoms with van der Waals surface area (Å²) in [5.74, 6) is 0. The summed E-state index contributed by atoms with van der Waals surface area (Å²) in [6.07, 6.45) is 2.98. The summed E-state index contributed by atoms with van der Waals surface area (Å²) >= 11 is 0. The van der Waals surface area contributed by atoms with Gasteiger partial charge in [-0.3, -0.25) is 0 Å². The van der Waals surface area contributed by atoms with Gasteiger partial charge >= 0.3 is 0 Å². The highest BCUT2D eigenvalue weighted by Crippen LogP contribution is 2.37. The highest BCUT2D eigenvalue weighted by atomic mass is 17.2. The van der Waals surface area contributed by atoms with Gasteiger partial charge in [-0.1, -0.05) is 27.2 Å². The van der Waals surface area contributed by atoms with Crippen LogP contribution in [0.15, 0.2) is 0 Å². The lowest BCUT2D eigenvalue weighted by molar-refractivity contribution is -0.479. The summed E-state index contributed by atoms with van der Waals surface area (Å²) in [5.41, 5.74) is 0.270. The zero-order chi connectivity index (χ0) is 8.48. The molecule has 1 saturated heterocycles. The Balaban J connectivity index is 2.43. The second-order valence-electron chi connectivity index (χ2n) is 4.06. The lowest BCUT2D eigenvalue weighted by atomic mass is 9.79. The van der Waals surface area contributed by atoms with Crippen LogP contribution in [-0.4, -0.2) is 12.2 Å². The molecule has 0 aromatic carbocycles. The molecule has 1 rings (SSSR count). The Hall–Kier alpha value is -0.0800. The molecule has 0 N–H and O–H groups in total. The largest absolute Gasteiger partial charge is 0.230 e. The molecule has 0 saturated carbocycles. The van der Waals surface area contributed by atoms with Crippen molar-refractivity contribution in [3.8, 4) is 0 Å². The van der Waals surface area contributed by atoms with Gasteiger partial charge in [0.1, 0.15) is 12.2 Å². The highest BCUT2D eigenvalue weighted by molar-refractivity contribution is 4.85. The maximum atomic E-state index is 5.06. The van der Waals surface area contributed by atoms with Crippen LogP contribution in [-0.2, 0) is 9.78 Å². The van der Waals surface area contributed by atoms with E-state index in [1.54, 1.807) is 0 Å². The topological polar surface area (TPSA) is 18.5 Å². The third kappa shape index (κ3) is 1.74. The van der Waals surface area contributed by atoms with Gasteiger partial charge < -0.3 is 0 Å². The Morgan fingerprint density at radius 1 is 1.27 bits per heavy atom. The lowest BCUT2D eigenvalue weighted by Crippen LogP contribution is -2.50. The van der Waals surface area contributed by atoms with Crippen molar-refractivity contribution in [2.45, 2.75) is 52.7 Å². The molecule has 0 spiro atoms. The van der Waals surface area contributed by atoms with Gasteiger partial charge in [0, 0.05) is 0 Å². The Morgan fingerprint density at radius 3 is 2.18 bits per heavy atom. The van der Waals surface area contributed by atoms with Crippen molar-refractivity contribution >= 4 is 0 Å². The van der Waals surface area contributed by atoms with E-state index >= 15 is 0 Å². The zero-order valence-electron chi connectivity index (χ0n) is 7.89. The van der Waals surface area contributed by atoms with Crippen LogP contribution in [0.4, 0.5) is 0 Å². The van der Waals surface area contributed by atoms with E-state index in [9.17, 15) is 0 Å². The Kier molecular flexibility index (Phi) is 2.55. The normalized spacial score (nSPS) is 31.6. The van der Waals surface area contributed by atoms with Crippen molar-refractivity contribution in [1.82, 2.24) is 0 Å². The second kappa shape index (κ2) is 3.11. The van der Waals surface area contributed by atoms with Gasteiger partial charge in [0.2, 0.25) is 0 Å². The fraction of sp³-hybridized carbons (Fsp3) is 1.00. The van der Waals surface area contributed by atoms with Crippen molar-refractivity contribution in [2.24, 2.45) is 5.41 Å². The molecule has 2 atom stereocenters. The molecule has 11 heavy (non-hydrogen) atoms. The summed E-state index contributed by atoms with van der Waals surface area (Å²) in [6, 6.07) is 0. The lowest BCUT2D eigenvalue weighted by Gasteiger charge is -2.43. The summed E-state index contributed by atoms with van der Waals surface area (Å²) in [6.45, 7) is 8.73. The van der Waals surface area contributed by atoms with Crippen molar-refractivity contribution in [1.29, 1.82) is 0 Å². The van der Waals surface area contributed by atoms with Crippen LogP contribution in [0.5, 0.6) is 0 Å². The first-order chi connectivity index (χ1) is 5.08. The van der Waals surface area contributed by atoms with E-state index in [1.165, 1.54) is 12.8 Å². The summed E-state index contributed by atoms with van der Waals surface area (Å²) in [5, 5.41) is 0. The highest BCUT2D eigenvalue weighted by Gasteiger charge is 2.42. The standard InChI is InChI=1S/C9H18O2/c1-5-6-9(3,4)8-7(2)10-11-8/h7-8H,5-6H2,1-4H3. The Bertz CT molecular complexity index is 132. The van der Waals surface area contributed by atoms with Gasteiger partial charge in [-0.2, -0.15) is 0 Å². The predicted octanol–water partition coefficient (Wildman–Crippen LogP) is 2.53. The minimum atomic E-state index is 0.270. The first-order valence-corrected chi connectivity index (χ1v) is 4.40. The van der Waals surface area contributed by atoms with Gasteiger partial charge in [0.25, 0.3) is 0 Å². The molecule has 1 fully saturated rings. The van der Waals surface area contributed by atoms with E-state index in [0.29, 0.717) is 6.10 Å². The van der Waals surface area contributed by atoms with Crippen molar-refractivity contribution < 1.29 is 9.78 Å². The fourth-order valence-corrected chi connectivity index (χ4v) is 1.77. The van der Waals surface area contributed by atoms with Gasteiger partial charge in [-0.15, -0.1) is 0 Å². The molecular formula is C9H18O2. The van der Waals surface area contributed by atoms with Gasteiger partial charge in [-0.25, -0.2) is 9.78 Å². The molecule has 0 aromatic rings. The van der Waals surface area contributed by atoms with E-state index in [0.717, 1.165) is 0 Å². The average molecular weight is 158 g/mol. The minimum Gasteiger partial charge on any atom is -0.230 e. The first kappa shape index (κ1) is 9.01. The second-order valence-corrected chi connectivity index (χ2v) is 4.06. The van der Waals surface area contributed by atoms with Crippen LogP contribution in [0.2, 0.25) is 0 Å². The maximum absolute atomic E-state index is 5.06. The van der Waals surface area contributed by atoms with E-state index < -0.39 is 0 Å².